The molecule has 2 aliphatic rings. The fourth-order valence-corrected chi connectivity index (χ4v) is 6.51. The highest BCUT2D eigenvalue weighted by molar-refractivity contribution is 5.84. The Hall–Kier alpha value is -4.44. The number of halogens is 1. The van der Waals surface area contributed by atoms with E-state index in [0.29, 0.717) is 40.1 Å². The molecule has 4 heterocycles. The van der Waals surface area contributed by atoms with Gasteiger partial charge in [-0.05, 0) is 90.2 Å². The van der Waals surface area contributed by atoms with Crippen LogP contribution >= 0.6 is 0 Å². The number of nitrogens with one attached hydrogen (secondary N) is 1. The van der Waals surface area contributed by atoms with Crippen LogP contribution in [0.4, 0.5) is 4.39 Å². The van der Waals surface area contributed by atoms with Crippen LogP contribution in [0.3, 0.4) is 0 Å². The Labute approximate surface area is 260 Å². The standard InChI is InChI=1S/C36H36FN5O3/c1-40-12-11-32(39-21-40)24-8-9-28(38-18-24)16-26-15-27(19-41(2)35(26)44)29-4-3-5-33(30(29)20-43)42-13-10-23-14-25(22-6-7-22)17-31(37)34(23)36(42)45/h3-5,8-10,13-15,17-19,22,32,39,43H,6-7,11-12,16,20-21H2,1-2H3. The average Bonchev–Trinajstić information content (AvgIpc) is 3.89. The molecule has 1 saturated heterocycles. The van der Waals surface area contributed by atoms with Gasteiger partial charge in [0, 0.05) is 68.1 Å². The summed E-state index contributed by atoms with van der Waals surface area (Å²) in [5, 5.41) is 14.7. The molecule has 7 rings (SSSR count). The minimum Gasteiger partial charge on any atom is -0.392 e. The predicted molar refractivity (Wildman–Crippen MR) is 173 cm³/mol. The molecule has 2 fully saturated rings. The van der Waals surface area contributed by atoms with Crippen molar-refractivity contribution >= 4 is 10.8 Å². The van der Waals surface area contributed by atoms with Gasteiger partial charge in [-0.3, -0.25) is 29.4 Å². The minimum absolute atomic E-state index is 0.0331. The second-order valence-corrected chi connectivity index (χ2v) is 12.4. The third-order valence-corrected chi connectivity index (χ3v) is 9.19. The fraction of sp³-hybridized carbons (Fsp3) is 0.306. The number of aliphatic hydroxyl groups is 1. The number of aromatic nitrogens is 3. The summed E-state index contributed by atoms with van der Waals surface area (Å²) < 4.78 is 18.2. The molecule has 0 spiro atoms. The van der Waals surface area contributed by atoms with Crippen LogP contribution in [0.25, 0.3) is 27.6 Å². The van der Waals surface area contributed by atoms with Crippen molar-refractivity contribution in [1.82, 2.24) is 24.3 Å². The molecule has 1 aliphatic carbocycles. The van der Waals surface area contributed by atoms with E-state index in [0.717, 1.165) is 54.9 Å². The number of fused-ring (bicyclic) bond motifs is 1. The summed E-state index contributed by atoms with van der Waals surface area (Å²) in [6.45, 7) is 1.50. The van der Waals surface area contributed by atoms with Gasteiger partial charge in [-0.25, -0.2) is 4.39 Å². The normalized spacial score (nSPS) is 17.2. The second kappa shape index (κ2) is 11.8. The number of aliphatic hydroxyl groups excluding tert-OH is 1. The molecule has 1 saturated carbocycles. The van der Waals surface area contributed by atoms with Crippen molar-refractivity contribution in [3.63, 3.8) is 0 Å². The highest BCUT2D eigenvalue weighted by Crippen LogP contribution is 2.41. The number of aryl methyl sites for hydroxylation is 1. The van der Waals surface area contributed by atoms with E-state index in [9.17, 15) is 14.7 Å². The van der Waals surface area contributed by atoms with Gasteiger partial charge in [-0.2, -0.15) is 0 Å². The molecule has 0 radical (unpaired) electrons. The zero-order valence-corrected chi connectivity index (χ0v) is 25.5. The van der Waals surface area contributed by atoms with E-state index < -0.39 is 11.4 Å². The van der Waals surface area contributed by atoms with E-state index in [4.69, 9.17) is 0 Å². The van der Waals surface area contributed by atoms with Crippen LogP contribution in [0, 0.1) is 5.82 Å². The highest BCUT2D eigenvalue weighted by Gasteiger charge is 2.25. The lowest BCUT2D eigenvalue weighted by atomic mass is 9.97. The molecule has 2 N–H and O–H groups in total. The van der Waals surface area contributed by atoms with E-state index in [1.165, 1.54) is 15.2 Å². The van der Waals surface area contributed by atoms with Gasteiger partial charge in [0.25, 0.3) is 11.1 Å². The van der Waals surface area contributed by atoms with Crippen LogP contribution in [0.5, 0.6) is 0 Å². The van der Waals surface area contributed by atoms with Crippen LogP contribution in [-0.2, 0) is 20.1 Å². The Bertz CT molecular complexity index is 2020. The van der Waals surface area contributed by atoms with Crippen LogP contribution in [-0.4, -0.2) is 44.4 Å². The Balaban J connectivity index is 1.23. The number of nitrogens with zero attached hydrogens (tertiary/aromatic N) is 4. The number of hydrogen-bond donors (Lipinski definition) is 2. The first-order valence-electron chi connectivity index (χ1n) is 15.5. The topological polar surface area (TPSA) is 92.4 Å². The molecular formula is C36H36FN5O3. The van der Waals surface area contributed by atoms with Crippen LogP contribution < -0.4 is 16.4 Å². The molecule has 5 aromatic rings. The molecule has 2 aromatic carbocycles. The SMILES string of the molecule is CN1CCC(c2ccc(Cc3cc(-c4cccc(-n5ccc6cc(C7CC7)cc(F)c6c5=O)c4CO)cn(C)c3=O)nc2)NC1. The van der Waals surface area contributed by atoms with Crippen molar-refractivity contribution in [3.05, 3.63) is 128 Å². The molecule has 3 aromatic heterocycles. The van der Waals surface area contributed by atoms with Gasteiger partial charge in [0.2, 0.25) is 0 Å². The van der Waals surface area contributed by atoms with Crippen molar-refractivity contribution in [2.24, 2.45) is 7.05 Å². The van der Waals surface area contributed by atoms with Crippen molar-refractivity contribution < 1.29 is 9.50 Å². The molecule has 0 bridgehead atoms. The average molecular weight is 606 g/mol. The van der Waals surface area contributed by atoms with Gasteiger partial charge in [0.1, 0.15) is 5.82 Å². The first-order chi connectivity index (χ1) is 21.8. The second-order valence-electron chi connectivity index (χ2n) is 12.4. The molecule has 8 nitrogen and oxygen atoms in total. The molecule has 1 unspecified atom stereocenters. The van der Waals surface area contributed by atoms with E-state index in [2.05, 4.69) is 28.3 Å². The largest absolute Gasteiger partial charge is 0.392 e. The number of rotatable bonds is 7. The molecule has 230 valence electrons. The Morgan fingerprint density at radius 2 is 1.84 bits per heavy atom. The molecule has 1 atom stereocenters. The van der Waals surface area contributed by atoms with Gasteiger partial charge in [-0.1, -0.05) is 24.3 Å². The summed E-state index contributed by atoms with van der Waals surface area (Å²) in [7, 11) is 3.79. The van der Waals surface area contributed by atoms with Crippen molar-refractivity contribution in [3.8, 4) is 16.8 Å². The van der Waals surface area contributed by atoms with E-state index in [1.54, 1.807) is 37.6 Å². The first-order valence-corrected chi connectivity index (χ1v) is 15.5. The van der Waals surface area contributed by atoms with Crippen LogP contribution in [0.1, 0.15) is 59.2 Å². The molecule has 45 heavy (non-hydrogen) atoms. The fourth-order valence-electron chi connectivity index (χ4n) is 6.51. The number of benzene rings is 2. The summed E-state index contributed by atoms with van der Waals surface area (Å²) in [5.74, 6) is -0.158. The lowest BCUT2D eigenvalue weighted by Crippen LogP contribution is -2.41. The van der Waals surface area contributed by atoms with E-state index in [1.807, 2.05) is 30.5 Å². The van der Waals surface area contributed by atoms with Gasteiger partial charge in [0.15, 0.2) is 0 Å². The van der Waals surface area contributed by atoms with E-state index in [-0.39, 0.29) is 23.6 Å². The number of hydrogen-bond acceptors (Lipinski definition) is 6. The number of pyridine rings is 3. The third kappa shape index (κ3) is 5.63. The molecule has 1 aliphatic heterocycles. The van der Waals surface area contributed by atoms with Crippen molar-refractivity contribution in [2.45, 2.75) is 44.2 Å². The lowest BCUT2D eigenvalue weighted by molar-refractivity contribution is 0.220. The van der Waals surface area contributed by atoms with Gasteiger partial charge >= 0.3 is 0 Å². The Kier molecular flexibility index (Phi) is 7.69. The Morgan fingerprint density at radius 1 is 1.00 bits per heavy atom. The van der Waals surface area contributed by atoms with Crippen LogP contribution in [0.2, 0.25) is 0 Å². The predicted octanol–water partition coefficient (Wildman–Crippen LogP) is 4.77. The smallest absolute Gasteiger partial charge is 0.265 e. The monoisotopic (exact) mass is 605 g/mol. The maximum absolute atomic E-state index is 15.2. The van der Waals surface area contributed by atoms with Crippen molar-refractivity contribution in [2.75, 3.05) is 20.3 Å². The Morgan fingerprint density at radius 3 is 2.56 bits per heavy atom. The molecule has 0 amide bonds. The summed E-state index contributed by atoms with van der Waals surface area (Å²) >= 11 is 0. The van der Waals surface area contributed by atoms with Gasteiger partial charge in [-0.15, -0.1) is 0 Å². The third-order valence-electron chi connectivity index (χ3n) is 9.19. The van der Waals surface area contributed by atoms with Gasteiger partial charge in [0.05, 0.1) is 17.7 Å². The summed E-state index contributed by atoms with van der Waals surface area (Å²) in [4.78, 5) is 33.8. The van der Waals surface area contributed by atoms with Crippen molar-refractivity contribution in [1.29, 1.82) is 0 Å². The maximum Gasteiger partial charge on any atom is 0.265 e. The van der Waals surface area contributed by atoms with E-state index >= 15 is 4.39 Å². The minimum atomic E-state index is -0.526. The quantitative estimate of drug-likeness (QED) is 0.278. The lowest BCUT2D eigenvalue weighted by Gasteiger charge is -2.30. The maximum atomic E-state index is 15.2. The van der Waals surface area contributed by atoms with Crippen LogP contribution in [0.15, 0.2) is 82.8 Å². The summed E-state index contributed by atoms with van der Waals surface area (Å²) in [6, 6.07) is 16.7. The summed E-state index contributed by atoms with van der Waals surface area (Å²) in [5.41, 5.74) is 5.17. The van der Waals surface area contributed by atoms with Gasteiger partial charge < -0.3 is 9.67 Å². The summed E-state index contributed by atoms with van der Waals surface area (Å²) in [6.07, 6.45) is 8.70. The zero-order chi connectivity index (χ0) is 31.2. The zero-order valence-electron chi connectivity index (χ0n) is 25.5. The molecular weight excluding hydrogens is 569 g/mol. The molecule has 9 heteroatoms. The highest BCUT2D eigenvalue weighted by atomic mass is 19.1. The first kappa shape index (κ1) is 29.3.